The molecule has 0 unspecified atom stereocenters. The van der Waals surface area contributed by atoms with Gasteiger partial charge in [0, 0.05) is 26.3 Å². The molecule has 0 atom stereocenters. The van der Waals surface area contributed by atoms with Crippen LogP contribution in [0.1, 0.15) is 33.3 Å². The van der Waals surface area contributed by atoms with Crippen molar-refractivity contribution in [3.63, 3.8) is 0 Å². The van der Waals surface area contributed by atoms with E-state index in [1.807, 2.05) is 27.7 Å². The van der Waals surface area contributed by atoms with E-state index in [4.69, 9.17) is 0 Å². The van der Waals surface area contributed by atoms with Crippen LogP contribution < -0.4 is 5.32 Å². The van der Waals surface area contributed by atoms with Crippen LogP contribution in [-0.4, -0.2) is 37.8 Å². The summed E-state index contributed by atoms with van der Waals surface area (Å²) in [5.41, 5.74) is 0.886. The monoisotopic (exact) mass is 299 g/mol. The molecule has 0 saturated carbocycles. The first-order chi connectivity index (χ1) is 9.16. The Bertz CT molecular complexity index is 518. The van der Waals surface area contributed by atoms with Crippen molar-refractivity contribution in [1.29, 1.82) is 0 Å². The SMILES string of the molecule is CCNCc1ccc(S(=O)(=O)N(C)CC(C)(C)C)nc1. The van der Waals surface area contributed by atoms with Gasteiger partial charge in [0.25, 0.3) is 10.0 Å². The van der Waals surface area contributed by atoms with Gasteiger partial charge in [0.2, 0.25) is 0 Å². The molecule has 20 heavy (non-hydrogen) atoms. The molecule has 0 aliphatic carbocycles. The minimum Gasteiger partial charge on any atom is -0.313 e. The second kappa shape index (κ2) is 6.65. The number of rotatable bonds is 6. The summed E-state index contributed by atoms with van der Waals surface area (Å²) >= 11 is 0. The maximum Gasteiger partial charge on any atom is 0.260 e. The summed E-state index contributed by atoms with van der Waals surface area (Å²) in [6.45, 7) is 10.1. The Morgan fingerprint density at radius 1 is 1.30 bits per heavy atom. The molecule has 0 radical (unpaired) electrons. The number of pyridine rings is 1. The summed E-state index contributed by atoms with van der Waals surface area (Å²) in [4.78, 5) is 4.08. The lowest BCUT2D eigenvalue weighted by Crippen LogP contribution is -2.34. The summed E-state index contributed by atoms with van der Waals surface area (Å²) in [6, 6.07) is 3.37. The lowest BCUT2D eigenvalue weighted by molar-refractivity contribution is 0.310. The summed E-state index contributed by atoms with van der Waals surface area (Å²) in [7, 11) is -1.92. The van der Waals surface area contributed by atoms with Gasteiger partial charge < -0.3 is 5.32 Å². The minimum absolute atomic E-state index is 0.0905. The van der Waals surface area contributed by atoms with Crippen LogP contribution >= 0.6 is 0 Å². The van der Waals surface area contributed by atoms with Crippen LogP contribution in [0.3, 0.4) is 0 Å². The molecule has 1 N–H and O–H groups in total. The Hall–Kier alpha value is -0.980. The van der Waals surface area contributed by atoms with Gasteiger partial charge in [0.05, 0.1) is 0 Å². The highest BCUT2D eigenvalue weighted by Gasteiger charge is 2.26. The molecule has 1 aromatic rings. The zero-order valence-corrected chi connectivity index (χ0v) is 13.8. The van der Waals surface area contributed by atoms with Crippen molar-refractivity contribution in [1.82, 2.24) is 14.6 Å². The summed E-state index contributed by atoms with van der Waals surface area (Å²) in [6.07, 6.45) is 1.61. The third-order valence-electron chi connectivity index (χ3n) is 2.75. The predicted molar refractivity (Wildman–Crippen MR) is 80.9 cm³/mol. The minimum atomic E-state index is -3.51. The average Bonchev–Trinajstić information content (AvgIpc) is 2.34. The van der Waals surface area contributed by atoms with E-state index in [2.05, 4.69) is 10.3 Å². The van der Waals surface area contributed by atoms with Crippen molar-refractivity contribution in [2.75, 3.05) is 20.1 Å². The van der Waals surface area contributed by atoms with Gasteiger partial charge in [-0.15, -0.1) is 0 Å². The number of hydrogen-bond acceptors (Lipinski definition) is 4. The number of sulfonamides is 1. The van der Waals surface area contributed by atoms with Crippen molar-refractivity contribution in [2.24, 2.45) is 5.41 Å². The van der Waals surface area contributed by atoms with Crippen molar-refractivity contribution in [2.45, 2.75) is 39.3 Å². The number of nitrogens with one attached hydrogen (secondary N) is 1. The third-order valence-corrected chi connectivity index (χ3v) is 4.47. The van der Waals surface area contributed by atoms with Crippen molar-refractivity contribution >= 4 is 10.0 Å². The smallest absolute Gasteiger partial charge is 0.260 e. The van der Waals surface area contributed by atoms with Crippen LogP contribution in [0.5, 0.6) is 0 Å². The summed E-state index contributed by atoms with van der Waals surface area (Å²) in [5, 5.41) is 3.28. The quantitative estimate of drug-likeness (QED) is 0.871. The summed E-state index contributed by atoms with van der Waals surface area (Å²) < 4.78 is 26.1. The van der Waals surface area contributed by atoms with Crippen molar-refractivity contribution < 1.29 is 8.42 Å². The van der Waals surface area contributed by atoms with E-state index >= 15 is 0 Å². The van der Waals surface area contributed by atoms with Crippen LogP contribution in [0.25, 0.3) is 0 Å². The lowest BCUT2D eigenvalue weighted by atomic mass is 9.97. The molecule has 0 saturated heterocycles. The molecule has 114 valence electrons. The van der Waals surface area contributed by atoms with Crippen molar-refractivity contribution in [3.8, 4) is 0 Å². The molecule has 0 fully saturated rings. The zero-order valence-electron chi connectivity index (χ0n) is 13.0. The molecule has 0 bridgehead atoms. The van der Waals surface area contributed by atoms with E-state index in [1.165, 1.54) is 4.31 Å². The first kappa shape index (κ1) is 17.1. The van der Waals surface area contributed by atoms with E-state index in [0.29, 0.717) is 13.1 Å². The standard InChI is InChI=1S/C14H25N3O2S/c1-6-15-9-12-7-8-13(16-10-12)20(18,19)17(5)11-14(2,3)4/h7-8,10,15H,6,9,11H2,1-5H3. The zero-order chi connectivity index (χ0) is 15.4. The van der Waals surface area contributed by atoms with Gasteiger partial charge in [0.1, 0.15) is 0 Å². The van der Waals surface area contributed by atoms with Crippen LogP contribution in [-0.2, 0) is 16.6 Å². The second-order valence-electron chi connectivity index (χ2n) is 6.11. The van der Waals surface area contributed by atoms with Crippen LogP contribution in [0.15, 0.2) is 23.4 Å². The Labute approximate surface area is 122 Å². The maximum atomic E-state index is 12.4. The molecule has 1 heterocycles. The second-order valence-corrected chi connectivity index (χ2v) is 8.10. The normalized spacial score (nSPS) is 12.9. The molecule has 1 rings (SSSR count). The van der Waals surface area contributed by atoms with Gasteiger partial charge in [-0.2, -0.15) is 4.31 Å². The maximum absolute atomic E-state index is 12.4. The molecule has 0 aromatic carbocycles. The van der Waals surface area contributed by atoms with Gasteiger partial charge in [-0.3, -0.25) is 0 Å². The molecular formula is C14H25N3O2S. The van der Waals surface area contributed by atoms with Crippen LogP contribution in [0, 0.1) is 5.41 Å². The molecule has 0 aliphatic rings. The van der Waals surface area contributed by atoms with E-state index in [0.717, 1.165) is 12.1 Å². The fourth-order valence-corrected chi connectivity index (χ4v) is 3.15. The number of hydrogen-bond donors (Lipinski definition) is 1. The molecule has 0 aliphatic heterocycles. The highest BCUT2D eigenvalue weighted by molar-refractivity contribution is 7.89. The topological polar surface area (TPSA) is 62.3 Å². The molecule has 0 amide bonds. The Morgan fingerprint density at radius 2 is 1.95 bits per heavy atom. The first-order valence-electron chi connectivity index (χ1n) is 6.79. The first-order valence-corrected chi connectivity index (χ1v) is 8.23. The molecule has 6 heteroatoms. The highest BCUT2D eigenvalue weighted by atomic mass is 32.2. The fourth-order valence-electron chi connectivity index (χ4n) is 1.85. The Morgan fingerprint density at radius 3 is 2.40 bits per heavy atom. The predicted octanol–water partition coefficient (Wildman–Crippen LogP) is 1.86. The van der Waals surface area contributed by atoms with E-state index in [-0.39, 0.29) is 10.4 Å². The highest BCUT2D eigenvalue weighted by Crippen LogP contribution is 2.19. The van der Waals surface area contributed by atoms with Gasteiger partial charge in [-0.25, -0.2) is 13.4 Å². The number of nitrogens with zero attached hydrogens (tertiary/aromatic N) is 2. The van der Waals surface area contributed by atoms with Gasteiger partial charge in [0.15, 0.2) is 5.03 Å². The fraction of sp³-hybridized carbons (Fsp3) is 0.643. The largest absolute Gasteiger partial charge is 0.313 e. The molecule has 0 spiro atoms. The third kappa shape index (κ3) is 4.85. The van der Waals surface area contributed by atoms with Gasteiger partial charge >= 0.3 is 0 Å². The lowest BCUT2D eigenvalue weighted by Gasteiger charge is -2.25. The molecular weight excluding hydrogens is 274 g/mol. The molecule has 1 aromatic heterocycles. The molecule has 5 nitrogen and oxygen atoms in total. The van der Waals surface area contributed by atoms with Gasteiger partial charge in [-0.1, -0.05) is 33.8 Å². The van der Waals surface area contributed by atoms with E-state index in [9.17, 15) is 8.42 Å². The van der Waals surface area contributed by atoms with Crippen LogP contribution in [0.2, 0.25) is 0 Å². The Kier molecular flexibility index (Phi) is 5.68. The Balaban J connectivity index is 2.87. The van der Waals surface area contributed by atoms with Crippen LogP contribution in [0.4, 0.5) is 0 Å². The van der Waals surface area contributed by atoms with E-state index < -0.39 is 10.0 Å². The van der Waals surface area contributed by atoms with Crippen molar-refractivity contribution in [3.05, 3.63) is 23.9 Å². The number of aromatic nitrogens is 1. The van der Waals surface area contributed by atoms with E-state index in [1.54, 1.807) is 25.4 Å². The average molecular weight is 299 g/mol. The van der Waals surface area contributed by atoms with Gasteiger partial charge in [-0.05, 0) is 23.6 Å². The summed E-state index contributed by atoms with van der Waals surface area (Å²) in [5.74, 6) is 0.